The third-order valence-electron chi connectivity index (χ3n) is 8.32. The van der Waals surface area contributed by atoms with E-state index in [2.05, 4.69) is 71.0 Å². The van der Waals surface area contributed by atoms with Gasteiger partial charge in [0.25, 0.3) is 0 Å². The normalized spacial score (nSPS) is 16.8. The number of ether oxygens (including phenoxy) is 2. The molecule has 0 N–H and O–H groups in total. The van der Waals surface area contributed by atoms with Gasteiger partial charge in [0.05, 0.1) is 7.11 Å². The SMILES string of the molecule is COc1cc(CN2CCC(C(=O)N3CCN(c4cccc(C)c4C)CC3)CC2)ccc1OCc1ccccc1. The lowest BCUT2D eigenvalue weighted by atomic mass is 9.94. The molecule has 5 rings (SSSR count). The summed E-state index contributed by atoms with van der Waals surface area (Å²) in [6, 6.07) is 22.9. The summed E-state index contributed by atoms with van der Waals surface area (Å²) in [6.07, 6.45) is 1.84. The Labute approximate surface area is 233 Å². The number of carbonyl (C=O) groups is 1. The fourth-order valence-electron chi connectivity index (χ4n) is 5.77. The van der Waals surface area contributed by atoms with Crippen molar-refractivity contribution < 1.29 is 14.3 Å². The van der Waals surface area contributed by atoms with Crippen molar-refractivity contribution in [2.45, 2.75) is 39.8 Å². The Balaban J connectivity index is 1.09. The lowest BCUT2D eigenvalue weighted by Gasteiger charge is -2.40. The maximum atomic E-state index is 13.3. The van der Waals surface area contributed by atoms with E-state index in [1.165, 1.54) is 22.4 Å². The fourth-order valence-corrected chi connectivity index (χ4v) is 5.77. The summed E-state index contributed by atoms with van der Waals surface area (Å²) in [5, 5.41) is 0. The number of carbonyl (C=O) groups excluding carboxylic acids is 1. The number of methoxy groups -OCH3 is 1. The molecule has 6 nitrogen and oxygen atoms in total. The second kappa shape index (κ2) is 12.6. The molecule has 0 aromatic heterocycles. The molecule has 0 saturated carbocycles. The summed E-state index contributed by atoms with van der Waals surface area (Å²) in [4.78, 5) is 20.3. The summed E-state index contributed by atoms with van der Waals surface area (Å²) < 4.78 is 11.6. The summed E-state index contributed by atoms with van der Waals surface area (Å²) in [5.41, 5.74) is 6.30. The molecule has 1 amide bonds. The number of piperazine rings is 1. The van der Waals surface area contributed by atoms with Gasteiger partial charge in [0.2, 0.25) is 5.91 Å². The van der Waals surface area contributed by atoms with E-state index in [0.717, 1.165) is 75.7 Å². The predicted molar refractivity (Wildman–Crippen MR) is 156 cm³/mol. The van der Waals surface area contributed by atoms with Crippen molar-refractivity contribution in [1.82, 2.24) is 9.80 Å². The molecule has 2 aliphatic rings. The van der Waals surface area contributed by atoms with Gasteiger partial charge in [0.15, 0.2) is 11.5 Å². The standard InChI is InChI=1S/C33H41N3O3/c1-25-8-7-11-30(26(25)2)35-18-20-36(21-19-35)33(37)29-14-16-34(17-15-29)23-28-12-13-31(32(22-28)38-3)39-24-27-9-5-4-6-10-27/h4-13,22,29H,14-21,23-24H2,1-3H3. The Bertz CT molecular complexity index is 1250. The largest absolute Gasteiger partial charge is 0.493 e. The highest BCUT2D eigenvalue weighted by Crippen LogP contribution is 2.30. The maximum Gasteiger partial charge on any atom is 0.225 e. The molecule has 6 heteroatoms. The van der Waals surface area contributed by atoms with Crippen molar-refractivity contribution in [2.75, 3.05) is 51.3 Å². The minimum absolute atomic E-state index is 0.136. The number of piperidine rings is 1. The van der Waals surface area contributed by atoms with Crippen LogP contribution in [0.5, 0.6) is 11.5 Å². The Kier molecular flexibility index (Phi) is 8.72. The van der Waals surface area contributed by atoms with Crippen molar-refractivity contribution in [3.05, 3.63) is 89.0 Å². The number of aryl methyl sites for hydroxylation is 1. The van der Waals surface area contributed by atoms with Gasteiger partial charge in [-0.1, -0.05) is 48.5 Å². The molecule has 2 heterocycles. The van der Waals surface area contributed by atoms with Crippen LogP contribution in [0.3, 0.4) is 0 Å². The van der Waals surface area contributed by atoms with E-state index in [0.29, 0.717) is 12.5 Å². The molecule has 0 atom stereocenters. The first kappa shape index (κ1) is 27.1. The number of likely N-dealkylation sites (tertiary alicyclic amines) is 1. The summed E-state index contributed by atoms with van der Waals surface area (Å²) in [6.45, 7) is 11.0. The number of hydrogen-bond acceptors (Lipinski definition) is 5. The summed E-state index contributed by atoms with van der Waals surface area (Å²) in [5.74, 6) is 1.99. The molecular weight excluding hydrogens is 486 g/mol. The highest BCUT2D eigenvalue weighted by Gasteiger charge is 2.30. The van der Waals surface area contributed by atoms with E-state index in [1.54, 1.807) is 7.11 Å². The Morgan fingerprint density at radius 3 is 2.28 bits per heavy atom. The van der Waals surface area contributed by atoms with Crippen LogP contribution < -0.4 is 14.4 Å². The van der Waals surface area contributed by atoms with Crippen molar-refractivity contribution >= 4 is 11.6 Å². The van der Waals surface area contributed by atoms with Crippen LogP contribution in [0.4, 0.5) is 5.69 Å². The Morgan fingerprint density at radius 2 is 1.56 bits per heavy atom. The van der Waals surface area contributed by atoms with E-state index < -0.39 is 0 Å². The van der Waals surface area contributed by atoms with Gasteiger partial charge in [0.1, 0.15) is 6.61 Å². The number of anilines is 1. The third kappa shape index (κ3) is 6.56. The smallest absolute Gasteiger partial charge is 0.225 e. The van der Waals surface area contributed by atoms with Crippen LogP contribution in [0.25, 0.3) is 0 Å². The van der Waals surface area contributed by atoms with E-state index in [9.17, 15) is 4.79 Å². The molecule has 2 fully saturated rings. The quantitative estimate of drug-likeness (QED) is 0.390. The average molecular weight is 528 g/mol. The fraction of sp³-hybridized carbons (Fsp3) is 0.424. The molecule has 2 saturated heterocycles. The maximum absolute atomic E-state index is 13.3. The molecule has 0 bridgehead atoms. The number of nitrogens with zero attached hydrogens (tertiary/aromatic N) is 3. The van der Waals surface area contributed by atoms with Gasteiger partial charge in [-0.2, -0.15) is 0 Å². The van der Waals surface area contributed by atoms with E-state index >= 15 is 0 Å². The molecule has 0 unspecified atom stereocenters. The van der Waals surface area contributed by atoms with Crippen LogP contribution in [0, 0.1) is 19.8 Å². The molecule has 3 aromatic carbocycles. The summed E-state index contributed by atoms with van der Waals surface area (Å²) >= 11 is 0. The Morgan fingerprint density at radius 1 is 0.821 bits per heavy atom. The first-order chi connectivity index (χ1) is 19.0. The number of hydrogen-bond donors (Lipinski definition) is 0. The van der Waals surface area contributed by atoms with Crippen LogP contribution in [0.1, 0.15) is 35.1 Å². The van der Waals surface area contributed by atoms with Gasteiger partial charge in [-0.15, -0.1) is 0 Å². The summed E-state index contributed by atoms with van der Waals surface area (Å²) in [7, 11) is 1.69. The second-order valence-electron chi connectivity index (χ2n) is 10.8. The third-order valence-corrected chi connectivity index (χ3v) is 8.32. The molecule has 0 radical (unpaired) electrons. The van der Waals surface area contributed by atoms with Crippen LogP contribution in [-0.4, -0.2) is 62.1 Å². The van der Waals surface area contributed by atoms with Crippen molar-refractivity contribution in [1.29, 1.82) is 0 Å². The zero-order valence-corrected chi connectivity index (χ0v) is 23.6. The minimum atomic E-state index is 0.136. The number of amides is 1. The molecule has 0 spiro atoms. The van der Waals surface area contributed by atoms with Gasteiger partial charge < -0.3 is 19.3 Å². The van der Waals surface area contributed by atoms with Gasteiger partial charge in [-0.25, -0.2) is 0 Å². The zero-order valence-electron chi connectivity index (χ0n) is 23.6. The average Bonchev–Trinajstić information content (AvgIpc) is 2.98. The molecule has 3 aromatic rings. The first-order valence-electron chi connectivity index (χ1n) is 14.2. The topological polar surface area (TPSA) is 45.2 Å². The second-order valence-corrected chi connectivity index (χ2v) is 10.8. The van der Waals surface area contributed by atoms with Gasteiger partial charge >= 0.3 is 0 Å². The lowest BCUT2D eigenvalue weighted by molar-refractivity contribution is -0.137. The first-order valence-corrected chi connectivity index (χ1v) is 14.2. The monoisotopic (exact) mass is 527 g/mol. The van der Waals surface area contributed by atoms with Crippen LogP contribution in [-0.2, 0) is 17.9 Å². The van der Waals surface area contributed by atoms with Gasteiger partial charge in [0, 0.05) is 44.3 Å². The van der Waals surface area contributed by atoms with E-state index in [4.69, 9.17) is 9.47 Å². The zero-order chi connectivity index (χ0) is 27.2. The Hall–Kier alpha value is -3.51. The van der Waals surface area contributed by atoms with Crippen molar-refractivity contribution in [3.8, 4) is 11.5 Å². The lowest BCUT2D eigenvalue weighted by Crippen LogP contribution is -2.51. The molecular formula is C33H41N3O3. The number of rotatable bonds is 8. The van der Waals surface area contributed by atoms with E-state index in [-0.39, 0.29) is 5.92 Å². The van der Waals surface area contributed by atoms with Crippen molar-refractivity contribution in [2.24, 2.45) is 5.92 Å². The number of benzene rings is 3. The minimum Gasteiger partial charge on any atom is -0.493 e. The van der Waals surface area contributed by atoms with E-state index in [1.807, 2.05) is 24.3 Å². The predicted octanol–water partition coefficient (Wildman–Crippen LogP) is 5.45. The molecule has 39 heavy (non-hydrogen) atoms. The highest BCUT2D eigenvalue weighted by molar-refractivity contribution is 5.79. The van der Waals surface area contributed by atoms with Crippen molar-refractivity contribution in [3.63, 3.8) is 0 Å². The molecule has 206 valence electrons. The van der Waals surface area contributed by atoms with Gasteiger partial charge in [-0.05, 0) is 80.2 Å². The van der Waals surface area contributed by atoms with Gasteiger partial charge in [-0.3, -0.25) is 9.69 Å². The molecule has 2 aliphatic heterocycles. The molecule has 0 aliphatic carbocycles. The van der Waals surface area contributed by atoms with Crippen LogP contribution in [0.2, 0.25) is 0 Å². The van der Waals surface area contributed by atoms with Crippen LogP contribution in [0.15, 0.2) is 66.7 Å². The van der Waals surface area contributed by atoms with Crippen LogP contribution >= 0.6 is 0 Å². The highest BCUT2D eigenvalue weighted by atomic mass is 16.5.